The molecule has 1 aromatic carbocycles. The number of hydrogen-bond donors (Lipinski definition) is 0. The number of amides is 1. The predicted molar refractivity (Wildman–Crippen MR) is 103 cm³/mol. The van der Waals surface area contributed by atoms with Crippen LogP contribution in [-0.2, 0) is 0 Å². The second kappa shape index (κ2) is 9.90. The van der Waals surface area contributed by atoms with Gasteiger partial charge in [0.05, 0.1) is 13.2 Å². The van der Waals surface area contributed by atoms with E-state index < -0.39 is 0 Å². The van der Waals surface area contributed by atoms with Crippen LogP contribution in [0.15, 0.2) is 42.7 Å². The number of carbonyl (C=O) groups is 1. The van der Waals surface area contributed by atoms with Crippen LogP contribution in [0.1, 0.15) is 49.4 Å². The van der Waals surface area contributed by atoms with Crippen LogP contribution in [0.3, 0.4) is 0 Å². The molecule has 1 atom stereocenters. The van der Waals surface area contributed by atoms with Crippen LogP contribution in [-0.4, -0.2) is 46.6 Å². The number of carbonyl (C=O) groups excluding carboxylic acids is 1. The van der Waals surface area contributed by atoms with Gasteiger partial charge in [-0.2, -0.15) is 0 Å². The van der Waals surface area contributed by atoms with Gasteiger partial charge in [0.2, 0.25) is 0 Å². The second-order valence-corrected chi connectivity index (χ2v) is 6.74. The highest BCUT2D eigenvalue weighted by molar-refractivity contribution is 5.94. The molecule has 1 unspecified atom stereocenters. The third-order valence-corrected chi connectivity index (χ3v) is 4.60. The molecule has 1 aliphatic rings. The molecule has 3 rings (SSSR count). The Kier molecular flexibility index (Phi) is 7.02. The zero-order valence-corrected chi connectivity index (χ0v) is 15.8. The molecule has 0 radical (unpaired) electrons. The Labute approximate surface area is 160 Å². The van der Waals surface area contributed by atoms with Crippen LogP contribution in [0.5, 0.6) is 11.8 Å². The van der Waals surface area contributed by atoms with Crippen LogP contribution in [0.4, 0.5) is 0 Å². The molecule has 0 bridgehead atoms. The molecule has 144 valence electrons. The minimum Gasteiger partial charge on any atom is -0.494 e. The van der Waals surface area contributed by atoms with E-state index in [2.05, 4.69) is 16.9 Å². The van der Waals surface area contributed by atoms with Crippen LogP contribution in [0.2, 0.25) is 0 Å². The lowest BCUT2D eigenvalue weighted by Gasteiger charge is -2.32. The monoisotopic (exact) mass is 369 g/mol. The maximum atomic E-state index is 12.8. The average Bonchev–Trinajstić information content (AvgIpc) is 2.72. The number of rotatable bonds is 8. The summed E-state index contributed by atoms with van der Waals surface area (Å²) < 4.78 is 11.5. The highest BCUT2D eigenvalue weighted by Crippen LogP contribution is 2.19. The van der Waals surface area contributed by atoms with Crippen LogP contribution >= 0.6 is 0 Å². The van der Waals surface area contributed by atoms with E-state index in [4.69, 9.17) is 9.47 Å². The van der Waals surface area contributed by atoms with Crippen molar-refractivity contribution in [3.8, 4) is 11.8 Å². The van der Waals surface area contributed by atoms with Crippen molar-refractivity contribution in [1.82, 2.24) is 14.9 Å². The number of hydrogen-bond acceptors (Lipinski definition) is 5. The lowest BCUT2D eigenvalue weighted by molar-refractivity contribution is 0.0516. The van der Waals surface area contributed by atoms with Gasteiger partial charge in [-0.1, -0.05) is 19.8 Å². The fourth-order valence-corrected chi connectivity index (χ4v) is 3.13. The van der Waals surface area contributed by atoms with Gasteiger partial charge in [0, 0.05) is 24.5 Å². The van der Waals surface area contributed by atoms with Crippen molar-refractivity contribution in [2.45, 2.75) is 45.1 Å². The summed E-state index contributed by atoms with van der Waals surface area (Å²) in [4.78, 5) is 22.8. The molecular weight excluding hydrogens is 342 g/mol. The average molecular weight is 369 g/mol. The van der Waals surface area contributed by atoms with Crippen LogP contribution < -0.4 is 9.47 Å². The molecule has 0 N–H and O–H groups in total. The van der Waals surface area contributed by atoms with E-state index in [1.807, 2.05) is 29.2 Å². The summed E-state index contributed by atoms with van der Waals surface area (Å²) in [5, 5.41) is 0. The number of ether oxygens (including phenoxy) is 2. The van der Waals surface area contributed by atoms with E-state index in [1.165, 1.54) is 12.8 Å². The molecule has 27 heavy (non-hydrogen) atoms. The first-order valence-corrected chi connectivity index (χ1v) is 9.72. The molecular formula is C21H27N3O3. The highest BCUT2D eigenvalue weighted by Gasteiger charge is 2.26. The molecule has 2 aromatic rings. The van der Waals surface area contributed by atoms with Crippen molar-refractivity contribution >= 4 is 5.91 Å². The Morgan fingerprint density at radius 1 is 1.19 bits per heavy atom. The van der Waals surface area contributed by atoms with E-state index in [0.29, 0.717) is 24.7 Å². The molecule has 1 saturated heterocycles. The number of likely N-dealkylation sites (tertiary alicyclic amines) is 1. The summed E-state index contributed by atoms with van der Waals surface area (Å²) in [6.07, 6.45) is 8.42. The summed E-state index contributed by atoms with van der Waals surface area (Å²) in [5.41, 5.74) is 0.674. The molecule has 6 nitrogen and oxygen atoms in total. The first-order chi connectivity index (χ1) is 13.3. The molecule has 6 heteroatoms. The van der Waals surface area contributed by atoms with Gasteiger partial charge in [-0.3, -0.25) is 4.79 Å². The van der Waals surface area contributed by atoms with Crippen molar-refractivity contribution in [3.63, 3.8) is 0 Å². The van der Waals surface area contributed by atoms with E-state index in [9.17, 15) is 4.79 Å². The maximum Gasteiger partial charge on any atom is 0.316 e. The molecule has 1 aromatic heterocycles. The van der Waals surface area contributed by atoms with Gasteiger partial charge in [0.15, 0.2) is 0 Å². The lowest BCUT2D eigenvalue weighted by Crippen LogP contribution is -2.44. The zero-order chi connectivity index (χ0) is 18.9. The Hall–Kier alpha value is -2.63. The Balaban J connectivity index is 1.53. The Bertz CT molecular complexity index is 706. The largest absolute Gasteiger partial charge is 0.494 e. The minimum atomic E-state index is -0.0775. The Morgan fingerprint density at radius 2 is 1.96 bits per heavy atom. The van der Waals surface area contributed by atoms with E-state index in [-0.39, 0.29) is 12.0 Å². The van der Waals surface area contributed by atoms with Crippen molar-refractivity contribution < 1.29 is 14.3 Å². The topological polar surface area (TPSA) is 64.5 Å². The first-order valence-electron chi connectivity index (χ1n) is 9.72. The molecule has 1 aliphatic heterocycles. The van der Waals surface area contributed by atoms with Crippen molar-refractivity contribution in [2.75, 3.05) is 19.7 Å². The molecule has 1 fully saturated rings. The smallest absolute Gasteiger partial charge is 0.316 e. The third kappa shape index (κ3) is 5.67. The molecule has 1 amide bonds. The lowest BCUT2D eigenvalue weighted by atomic mass is 10.1. The quantitative estimate of drug-likeness (QED) is 0.664. The number of unbranched alkanes of at least 4 members (excludes halogenated alkanes) is 2. The van der Waals surface area contributed by atoms with E-state index in [0.717, 1.165) is 31.6 Å². The predicted octanol–water partition coefficient (Wildman–Crippen LogP) is 3.73. The van der Waals surface area contributed by atoms with Crippen LogP contribution in [0.25, 0.3) is 0 Å². The van der Waals surface area contributed by atoms with Gasteiger partial charge < -0.3 is 14.4 Å². The van der Waals surface area contributed by atoms with Crippen molar-refractivity contribution in [1.29, 1.82) is 0 Å². The summed E-state index contributed by atoms with van der Waals surface area (Å²) in [6.45, 7) is 4.17. The standard InChI is InChI=1S/C21H27N3O3/c1-2-3-4-15-26-18-10-8-17(9-11-18)20(25)24-14-5-7-19(16-24)27-21-22-12-6-13-23-21/h6,8-13,19H,2-5,7,14-16H2,1H3. The normalized spacial score (nSPS) is 16.8. The van der Waals surface area contributed by atoms with Gasteiger partial charge in [0.1, 0.15) is 11.9 Å². The van der Waals surface area contributed by atoms with Gasteiger partial charge >= 0.3 is 6.01 Å². The number of aromatic nitrogens is 2. The number of benzene rings is 1. The van der Waals surface area contributed by atoms with Gasteiger partial charge in [-0.15, -0.1) is 0 Å². The molecule has 0 spiro atoms. The maximum absolute atomic E-state index is 12.8. The van der Waals surface area contributed by atoms with E-state index in [1.54, 1.807) is 18.5 Å². The summed E-state index contributed by atoms with van der Waals surface area (Å²) in [6, 6.07) is 9.52. The minimum absolute atomic E-state index is 0.0230. The molecule has 0 aliphatic carbocycles. The van der Waals surface area contributed by atoms with Gasteiger partial charge in [0.25, 0.3) is 5.91 Å². The number of nitrogens with zero attached hydrogens (tertiary/aromatic N) is 3. The third-order valence-electron chi connectivity index (χ3n) is 4.60. The number of piperidine rings is 1. The Morgan fingerprint density at radius 3 is 2.70 bits per heavy atom. The summed E-state index contributed by atoms with van der Waals surface area (Å²) in [7, 11) is 0. The zero-order valence-electron chi connectivity index (χ0n) is 15.8. The van der Waals surface area contributed by atoms with Crippen molar-refractivity contribution in [2.24, 2.45) is 0 Å². The van der Waals surface area contributed by atoms with Crippen molar-refractivity contribution in [3.05, 3.63) is 48.3 Å². The second-order valence-electron chi connectivity index (χ2n) is 6.74. The molecule has 2 heterocycles. The summed E-state index contributed by atoms with van der Waals surface area (Å²) in [5.74, 6) is 0.832. The van der Waals surface area contributed by atoms with Gasteiger partial charge in [-0.05, 0) is 49.6 Å². The molecule has 0 saturated carbocycles. The summed E-state index contributed by atoms with van der Waals surface area (Å²) >= 11 is 0. The fraction of sp³-hybridized carbons (Fsp3) is 0.476. The first kappa shape index (κ1) is 19.1. The van der Waals surface area contributed by atoms with Crippen LogP contribution in [0, 0.1) is 0 Å². The van der Waals surface area contributed by atoms with E-state index >= 15 is 0 Å². The van der Waals surface area contributed by atoms with Gasteiger partial charge in [-0.25, -0.2) is 9.97 Å². The SMILES string of the molecule is CCCCCOc1ccc(C(=O)N2CCCC(Oc3ncccn3)C2)cc1. The fourth-order valence-electron chi connectivity index (χ4n) is 3.13. The highest BCUT2D eigenvalue weighted by atomic mass is 16.5.